The first-order chi connectivity index (χ1) is 8.60. The minimum Gasteiger partial charge on any atom is -0.428 e. The number of alkyl halides is 2. The third-order valence-corrected chi connectivity index (χ3v) is 2.47. The first-order valence-electron chi connectivity index (χ1n) is 4.83. The molecule has 0 rings (SSSR count). The van der Waals surface area contributed by atoms with Crippen LogP contribution in [0.15, 0.2) is 0 Å². The van der Waals surface area contributed by atoms with Crippen molar-refractivity contribution >= 4 is 63.3 Å². The lowest BCUT2D eigenvalue weighted by Gasteiger charge is -2.07. The van der Waals surface area contributed by atoms with Crippen LogP contribution >= 0.6 is 45.2 Å². The predicted octanol–water partition coefficient (Wildman–Crippen LogP) is 1.79. The molecule has 0 aromatic heterocycles. The summed E-state index contributed by atoms with van der Waals surface area (Å²) in [7, 11) is 0. The van der Waals surface area contributed by atoms with Crippen LogP contribution < -0.4 is 0 Å². The Labute approximate surface area is 131 Å². The van der Waals surface area contributed by atoms with E-state index in [9.17, 15) is 14.4 Å². The average molecular weight is 486 g/mol. The molecular formula is C9H12I2O7. The van der Waals surface area contributed by atoms with Gasteiger partial charge in [0.1, 0.15) is 0 Å². The van der Waals surface area contributed by atoms with E-state index in [0.29, 0.717) is 8.86 Å². The number of halogens is 2. The van der Waals surface area contributed by atoms with E-state index < -0.39 is 31.7 Å². The van der Waals surface area contributed by atoms with Crippen LogP contribution in [0.3, 0.4) is 0 Å². The van der Waals surface area contributed by atoms with Gasteiger partial charge in [-0.05, 0) is 0 Å². The largest absolute Gasteiger partial charge is 0.514 e. The Bertz CT molecular complexity index is 256. The molecular weight excluding hydrogens is 474 g/mol. The van der Waals surface area contributed by atoms with Gasteiger partial charge in [0.05, 0.1) is 12.8 Å². The van der Waals surface area contributed by atoms with Crippen molar-refractivity contribution in [3.63, 3.8) is 0 Å². The highest BCUT2D eigenvalue weighted by atomic mass is 127. The Hall–Kier alpha value is -0.330. The molecule has 18 heavy (non-hydrogen) atoms. The lowest BCUT2D eigenvalue weighted by atomic mass is 10.5. The fourth-order valence-corrected chi connectivity index (χ4v) is 1.51. The zero-order valence-electron chi connectivity index (χ0n) is 9.36. The van der Waals surface area contributed by atoms with Crippen molar-refractivity contribution < 1.29 is 33.3 Å². The third kappa shape index (κ3) is 10.8. The quantitative estimate of drug-likeness (QED) is 0.224. The minimum atomic E-state index is -1.07. The van der Waals surface area contributed by atoms with E-state index >= 15 is 0 Å². The van der Waals surface area contributed by atoms with Crippen LogP contribution in [0.2, 0.25) is 0 Å². The molecule has 0 bridgehead atoms. The summed E-state index contributed by atoms with van der Waals surface area (Å²) < 4.78 is 19.1. The second-order valence-corrected chi connectivity index (χ2v) is 4.84. The molecule has 0 N–H and O–H groups in total. The molecule has 9 heteroatoms. The number of rotatable bonds is 8. The van der Waals surface area contributed by atoms with E-state index in [0.717, 1.165) is 0 Å². The highest BCUT2D eigenvalue weighted by molar-refractivity contribution is 14.1. The molecule has 0 amide bonds. The van der Waals surface area contributed by atoms with E-state index in [1.165, 1.54) is 0 Å². The van der Waals surface area contributed by atoms with Crippen molar-refractivity contribution in [2.24, 2.45) is 0 Å². The van der Waals surface area contributed by atoms with Crippen LogP contribution in [-0.4, -0.2) is 40.5 Å². The van der Waals surface area contributed by atoms with Crippen LogP contribution in [0.4, 0.5) is 4.79 Å². The van der Waals surface area contributed by atoms with Crippen molar-refractivity contribution in [1.29, 1.82) is 0 Å². The number of esters is 2. The second-order valence-electron chi connectivity index (χ2n) is 2.69. The number of carbonyl (C=O) groups excluding carboxylic acids is 3. The van der Waals surface area contributed by atoms with Gasteiger partial charge in [-0.15, -0.1) is 0 Å². The third-order valence-electron chi connectivity index (χ3n) is 1.39. The van der Waals surface area contributed by atoms with Crippen LogP contribution in [0.1, 0.15) is 12.8 Å². The Kier molecular flexibility index (Phi) is 11.5. The van der Waals surface area contributed by atoms with Gasteiger partial charge >= 0.3 is 18.1 Å². The summed E-state index contributed by atoms with van der Waals surface area (Å²) in [6, 6.07) is 0. The van der Waals surface area contributed by atoms with E-state index in [2.05, 4.69) is 18.9 Å². The second kappa shape index (κ2) is 11.7. The zero-order chi connectivity index (χ0) is 13.8. The molecule has 0 aliphatic heterocycles. The maximum Gasteiger partial charge on any atom is 0.514 e. The topological polar surface area (TPSA) is 88.1 Å². The number of ether oxygens (including phenoxy) is 4. The van der Waals surface area contributed by atoms with Crippen LogP contribution in [-0.2, 0) is 28.5 Å². The summed E-state index contributed by atoms with van der Waals surface area (Å²) >= 11 is 4.03. The summed E-state index contributed by atoms with van der Waals surface area (Å²) in [6.45, 7) is -1.04. The molecule has 0 fully saturated rings. The molecule has 0 saturated heterocycles. The predicted molar refractivity (Wildman–Crippen MR) is 76.5 cm³/mol. The molecule has 0 spiro atoms. The van der Waals surface area contributed by atoms with Gasteiger partial charge in [-0.25, -0.2) is 4.79 Å². The van der Waals surface area contributed by atoms with Gasteiger partial charge in [0, 0.05) is 8.86 Å². The molecule has 0 radical (unpaired) electrons. The monoisotopic (exact) mass is 486 g/mol. The van der Waals surface area contributed by atoms with Gasteiger partial charge in [-0.3, -0.25) is 9.59 Å². The van der Waals surface area contributed by atoms with Crippen LogP contribution in [0.5, 0.6) is 0 Å². The van der Waals surface area contributed by atoms with E-state index in [-0.39, 0.29) is 12.8 Å². The maximum absolute atomic E-state index is 10.9. The molecule has 0 aromatic rings. The van der Waals surface area contributed by atoms with Gasteiger partial charge in [-0.1, -0.05) is 45.2 Å². The van der Waals surface area contributed by atoms with Crippen molar-refractivity contribution in [2.75, 3.05) is 22.4 Å². The van der Waals surface area contributed by atoms with Crippen LogP contribution in [0, 0.1) is 0 Å². The van der Waals surface area contributed by atoms with Gasteiger partial charge in [0.2, 0.25) is 13.6 Å². The fraction of sp³-hybridized carbons (Fsp3) is 0.667. The highest BCUT2D eigenvalue weighted by Crippen LogP contribution is 1.95. The van der Waals surface area contributed by atoms with Gasteiger partial charge in [0.25, 0.3) is 0 Å². The summed E-state index contributed by atoms with van der Waals surface area (Å²) in [5, 5.41) is 0. The van der Waals surface area contributed by atoms with Gasteiger partial charge in [0.15, 0.2) is 0 Å². The minimum absolute atomic E-state index is 0.243. The average Bonchev–Trinajstić information content (AvgIpc) is 2.29. The van der Waals surface area contributed by atoms with Gasteiger partial charge < -0.3 is 18.9 Å². The van der Waals surface area contributed by atoms with Crippen molar-refractivity contribution in [3.8, 4) is 0 Å². The summed E-state index contributed by atoms with van der Waals surface area (Å²) in [6.07, 6.45) is -0.584. The van der Waals surface area contributed by atoms with E-state index in [1.807, 2.05) is 45.2 Å². The van der Waals surface area contributed by atoms with E-state index in [1.54, 1.807) is 0 Å². The van der Waals surface area contributed by atoms with Crippen LogP contribution in [0.25, 0.3) is 0 Å². The summed E-state index contributed by atoms with van der Waals surface area (Å²) in [4.78, 5) is 32.6. The molecule has 0 heterocycles. The fourth-order valence-electron chi connectivity index (χ4n) is 0.627. The Morgan fingerprint density at radius 3 is 1.44 bits per heavy atom. The van der Waals surface area contributed by atoms with Gasteiger partial charge in [-0.2, -0.15) is 0 Å². The molecule has 0 aliphatic rings. The Morgan fingerprint density at radius 2 is 1.11 bits per heavy atom. The molecule has 0 saturated carbocycles. The smallest absolute Gasteiger partial charge is 0.428 e. The van der Waals surface area contributed by atoms with Crippen molar-refractivity contribution in [2.45, 2.75) is 12.8 Å². The highest BCUT2D eigenvalue weighted by Gasteiger charge is 2.08. The zero-order valence-corrected chi connectivity index (χ0v) is 13.7. The van der Waals surface area contributed by atoms with Crippen molar-refractivity contribution in [3.05, 3.63) is 0 Å². The molecule has 7 nitrogen and oxygen atoms in total. The molecule has 0 aromatic carbocycles. The SMILES string of the molecule is O=C(CCI)OCOC(=O)OCOC(=O)CCI. The Morgan fingerprint density at radius 1 is 0.722 bits per heavy atom. The summed E-state index contributed by atoms with van der Waals surface area (Å²) in [5.74, 6) is -0.934. The molecule has 104 valence electrons. The lowest BCUT2D eigenvalue weighted by Crippen LogP contribution is -2.16. The Balaban J connectivity index is 3.48. The normalized spacial score (nSPS) is 9.44. The standard InChI is InChI=1S/C9H12I2O7/c10-3-1-7(12)15-5-17-9(14)18-6-16-8(13)2-4-11/h1-6H2. The van der Waals surface area contributed by atoms with E-state index in [4.69, 9.17) is 0 Å². The number of hydrogen-bond acceptors (Lipinski definition) is 7. The lowest BCUT2D eigenvalue weighted by molar-refractivity contribution is -0.157. The molecule has 0 unspecified atom stereocenters. The molecule has 0 atom stereocenters. The van der Waals surface area contributed by atoms with Crippen molar-refractivity contribution in [1.82, 2.24) is 0 Å². The molecule has 0 aliphatic carbocycles. The number of hydrogen-bond donors (Lipinski definition) is 0. The first kappa shape index (κ1) is 17.7. The summed E-state index contributed by atoms with van der Waals surface area (Å²) in [5.41, 5.74) is 0. The number of carbonyl (C=O) groups is 3. The first-order valence-corrected chi connectivity index (χ1v) is 7.88. The maximum atomic E-state index is 10.9.